The summed E-state index contributed by atoms with van der Waals surface area (Å²) in [6, 6.07) is 9.41. The zero-order valence-corrected chi connectivity index (χ0v) is 16.3. The van der Waals surface area contributed by atoms with Crippen molar-refractivity contribution in [2.24, 2.45) is 5.92 Å². The van der Waals surface area contributed by atoms with Gasteiger partial charge in [-0.3, -0.25) is 9.59 Å². The van der Waals surface area contributed by atoms with Crippen molar-refractivity contribution < 1.29 is 14.3 Å². The highest BCUT2D eigenvalue weighted by atomic mass is 32.1. The summed E-state index contributed by atoms with van der Waals surface area (Å²) in [5, 5.41) is 2.00. The molecule has 0 radical (unpaired) electrons. The summed E-state index contributed by atoms with van der Waals surface area (Å²) in [6.45, 7) is 3.08. The van der Waals surface area contributed by atoms with E-state index in [2.05, 4.69) is 4.98 Å². The molecule has 1 aliphatic rings. The van der Waals surface area contributed by atoms with E-state index in [-0.39, 0.29) is 17.6 Å². The Hall–Kier alpha value is -2.60. The highest BCUT2D eigenvalue weighted by Gasteiger charge is 2.30. The maximum atomic E-state index is 13.0. The molecule has 1 fully saturated rings. The van der Waals surface area contributed by atoms with Crippen molar-refractivity contribution in [1.82, 2.24) is 9.88 Å². The number of aromatic nitrogens is 1. The zero-order valence-electron chi connectivity index (χ0n) is 15.5. The lowest BCUT2D eigenvalue weighted by molar-refractivity contribution is 0.0633. The molecule has 5 nitrogen and oxygen atoms in total. The molecule has 1 aromatic carbocycles. The van der Waals surface area contributed by atoms with Gasteiger partial charge in [0, 0.05) is 24.6 Å². The third-order valence-corrected chi connectivity index (χ3v) is 6.11. The fraction of sp³-hybridized carbons (Fsp3) is 0.333. The first kappa shape index (κ1) is 17.8. The van der Waals surface area contributed by atoms with Gasteiger partial charge in [-0.15, -0.1) is 11.3 Å². The van der Waals surface area contributed by atoms with Gasteiger partial charge in [0.2, 0.25) is 0 Å². The van der Waals surface area contributed by atoms with Crippen molar-refractivity contribution in [2.75, 3.05) is 20.2 Å². The predicted octanol–water partition coefficient (Wildman–Crippen LogP) is 4.28. The Morgan fingerprint density at radius 1 is 1.26 bits per heavy atom. The summed E-state index contributed by atoms with van der Waals surface area (Å²) < 4.78 is 6.30. The maximum absolute atomic E-state index is 13.0. The number of likely N-dealkylation sites (tertiary alicyclic amines) is 1. The van der Waals surface area contributed by atoms with E-state index in [1.54, 1.807) is 23.3 Å². The van der Waals surface area contributed by atoms with Gasteiger partial charge in [-0.05, 0) is 61.0 Å². The number of hydrogen-bond donors (Lipinski definition) is 1. The topological polar surface area (TPSA) is 62.4 Å². The number of carbonyl (C=O) groups is 2. The summed E-state index contributed by atoms with van der Waals surface area (Å²) in [4.78, 5) is 30.9. The minimum atomic E-state index is -0.161. The largest absolute Gasteiger partial charge is 0.497 e. The molecular weight excluding hydrogens is 360 g/mol. The number of Topliss-reactive ketones (excluding diaryl/α,β-unsaturated/α-hetero) is 1. The van der Waals surface area contributed by atoms with E-state index < -0.39 is 0 Å². The monoisotopic (exact) mass is 382 g/mol. The number of rotatable bonds is 4. The van der Waals surface area contributed by atoms with E-state index in [4.69, 9.17) is 4.74 Å². The molecule has 1 aliphatic heterocycles. The predicted molar refractivity (Wildman–Crippen MR) is 107 cm³/mol. The third kappa shape index (κ3) is 3.37. The van der Waals surface area contributed by atoms with E-state index >= 15 is 0 Å². The molecule has 0 aliphatic carbocycles. The Balaban J connectivity index is 1.51. The zero-order chi connectivity index (χ0) is 19.0. The number of aromatic amines is 1. The molecule has 1 saturated heterocycles. The molecule has 2 aromatic heterocycles. The number of piperidine rings is 1. The number of thiophene rings is 1. The van der Waals surface area contributed by atoms with E-state index in [0.29, 0.717) is 18.8 Å². The Morgan fingerprint density at radius 2 is 2.11 bits per heavy atom. The van der Waals surface area contributed by atoms with Crippen molar-refractivity contribution in [2.45, 2.75) is 19.8 Å². The molecule has 6 heteroatoms. The van der Waals surface area contributed by atoms with Crippen molar-refractivity contribution in [1.29, 1.82) is 0 Å². The van der Waals surface area contributed by atoms with Gasteiger partial charge in [0.1, 0.15) is 11.4 Å². The SMILES string of the molecule is COc1ccc(C(=O)C2CCCN(C(=O)c3cc4sccc4[nH]3)C2)c(C)c1. The van der Waals surface area contributed by atoms with Crippen molar-refractivity contribution in [3.63, 3.8) is 0 Å². The average molecular weight is 382 g/mol. The van der Waals surface area contributed by atoms with Gasteiger partial charge in [-0.2, -0.15) is 0 Å². The molecule has 1 N–H and O–H groups in total. The highest BCUT2D eigenvalue weighted by Crippen LogP contribution is 2.27. The molecular formula is C21H22N2O3S. The number of ketones is 1. The molecule has 140 valence electrons. The Labute approximate surface area is 161 Å². The van der Waals surface area contributed by atoms with E-state index in [9.17, 15) is 9.59 Å². The number of nitrogens with zero attached hydrogens (tertiary/aromatic N) is 1. The summed E-state index contributed by atoms with van der Waals surface area (Å²) in [5.41, 5.74) is 3.22. The molecule has 3 aromatic rings. The standard InChI is InChI=1S/C21H22N2O3S/c1-13-10-15(26-2)5-6-16(13)20(24)14-4-3-8-23(12-14)21(25)18-11-19-17(22-18)7-9-27-19/h5-7,9-11,14,22H,3-4,8,12H2,1-2H3. The van der Waals surface area contributed by atoms with Gasteiger partial charge in [-0.1, -0.05) is 0 Å². The first-order chi connectivity index (χ1) is 13.1. The summed E-state index contributed by atoms with van der Waals surface area (Å²) in [5.74, 6) is 0.671. The maximum Gasteiger partial charge on any atom is 0.270 e. The van der Waals surface area contributed by atoms with Gasteiger partial charge in [0.25, 0.3) is 5.91 Å². The van der Waals surface area contributed by atoms with Crippen molar-refractivity contribution in [3.8, 4) is 5.75 Å². The molecule has 1 unspecified atom stereocenters. The molecule has 3 heterocycles. The van der Waals surface area contributed by atoms with Crippen LogP contribution in [0.15, 0.2) is 35.7 Å². The second-order valence-corrected chi connectivity index (χ2v) is 7.96. The average Bonchev–Trinajstić information content (AvgIpc) is 3.29. The first-order valence-electron chi connectivity index (χ1n) is 9.11. The smallest absolute Gasteiger partial charge is 0.270 e. The number of benzene rings is 1. The number of hydrogen-bond acceptors (Lipinski definition) is 4. The number of H-pyrrole nitrogens is 1. The number of ether oxygens (including phenoxy) is 1. The number of amides is 1. The first-order valence-corrected chi connectivity index (χ1v) is 9.99. The summed E-state index contributed by atoms with van der Waals surface area (Å²) in [6.07, 6.45) is 1.65. The second-order valence-electron chi connectivity index (χ2n) is 7.02. The van der Waals surface area contributed by atoms with Crippen LogP contribution in [0.5, 0.6) is 5.75 Å². The fourth-order valence-electron chi connectivity index (χ4n) is 3.77. The van der Waals surface area contributed by atoms with Gasteiger partial charge in [0.05, 0.1) is 17.3 Å². The molecule has 0 saturated carbocycles. The number of nitrogens with one attached hydrogen (secondary N) is 1. The highest BCUT2D eigenvalue weighted by molar-refractivity contribution is 7.17. The van der Waals surface area contributed by atoms with Crippen LogP contribution in [-0.4, -0.2) is 41.8 Å². The Morgan fingerprint density at radius 3 is 2.85 bits per heavy atom. The molecule has 0 spiro atoms. The lowest BCUT2D eigenvalue weighted by Gasteiger charge is -2.32. The fourth-order valence-corrected chi connectivity index (χ4v) is 4.55. The van der Waals surface area contributed by atoms with Crippen LogP contribution in [0.2, 0.25) is 0 Å². The van der Waals surface area contributed by atoms with Crippen LogP contribution >= 0.6 is 11.3 Å². The van der Waals surface area contributed by atoms with Crippen LogP contribution in [0, 0.1) is 12.8 Å². The minimum absolute atomic E-state index is 0.0256. The van der Waals surface area contributed by atoms with Crippen molar-refractivity contribution >= 4 is 33.2 Å². The van der Waals surface area contributed by atoms with Crippen LogP contribution in [0.1, 0.15) is 39.3 Å². The molecule has 1 atom stereocenters. The molecule has 0 bridgehead atoms. The number of methoxy groups -OCH3 is 1. The molecule has 4 rings (SSSR count). The molecule has 27 heavy (non-hydrogen) atoms. The van der Waals surface area contributed by atoms with Crippen LogP contribution < -0.4 is 4.74 Å². The number of fused-ring (bicyclic) bond motifs is 1. The Kier molecular flexibility index (Phi) is 4.74. The number of aryl methyl sites for hydroxylation is 1. The quantitative estimate of drug-likeness (QED) is 0.685. The van der Waals surface area contributed by atoms with Crippen LogP contribution in [0.4, 0.5) is 0 Å². The third-order valence-electron chi connectivity index (χ3n) is 5.25. The van der Waals surface area contributed by atoms with Gasteiger partial charge in [-0.25, -0.2) is 0 Å². The van der Waals surface area contributed by atoms with E-state index in [1.165, 1.54) is 0 Å². The van der Waals surface area contributed by atoms with Crippen LogP contribution in [0.3, 0.4) is 0 Å². The van der Waals surface area contributed by atoms with Crippen LogP contribution in [-0.2, 0) is 0 Å². The second kappa shape index (κ2) is 7.19. The van der Waals surface area contributed by atoms with Gasteiger partial charge >= 0.3 is 0 Å². The summed E-state index contributed by atoms with van der Waals surface area (Å²) >= 11 is 1.61. The van der Waals surface area contributed by atoms with Crippen molar-refractivity contribution in [3.05, 3.63) is 52.5 Å². The lowest BCUT2D eigenvalue weighted by Crippen LogP contribution is -2.42. The van der Waals surface area contributed by atoms with E-state index in [0.717, 1.165) is 39.9 Å². The lowest BCUT2D eigenvalue weighted by atomic mass is 9.88. The summed E-state index contributed by atoms with van der Waals surface area (Å²) in [7, 11) is 1.62. The number of carbonyl (C=O) groups excluding carboxylic acids is 2. The molecule has 1 amide bonds. The minimum Gasteiger partial charge on any atom is -0.497 e. The Bertz CT molecular complexity index is 975. The van der Waals surface area contributed by atoms with Gasteiger partial charge < -0.3 is 14.6 Å². The van der Waals surface area contributed by atoms with Crippen LogP contribution in [0.25, 0.3) is 10.2 Å². The van der Waals surface area contributed by atoms with Gasteiger partial charge in [0.15, 0.2) is 5.78 Å². The normalized spacial score (nSPS) is 17.3. The van der Waals surface area contributed by atoms with E-state index in [1.807, 2.05) is 42.6 Å².